The van der Waals surface area contributed by atoms with Crippen LogP contribution in [-0.2, 0) is 0 Å². The van der Waals surface area contributed by atoms with Crippen molar-refractivity contribution in [3.05, 3.63) is 46.7 Å². The van der Waals surface area contributed by atoms with Gasteiger partial charge in [0, 0.05) is 4.47 Å². The van der Waals surface area contributed by atoms with Crippen molar-refractivity contribution in [3.8, 4) is 11.5 Å². The summed E-state index contributed by atoms with van der Waals surface area (Å²) in [5.74, 6) is 2.19. The van der Waals surface area contributed by atoms with Crippen LogP contribution in [0.5, 0.6) is 11.5 Å². The molecule has 6 heteroatoms. The molecule has 1 unspecified atom stereocenters. The van der Waals surface area contributed by atoms with Gasteiger partial charge in [-0.15, -0.1) is 0 Å². The summed E-state index contributed by atoms with van der Waals surface area (Å²) in [6.07, 6.45) is -0.273. The SMILES string of the molecule is Nc1cc(Br)cc2[nH]c(C3COc4ccccc4O3)nc12. The summed E-state index contributed by atoms with van der Waals surface area (Å²) in [5, 5.41) is 0. The van der Waals surface area contributed by atoms with Crippen molar-refractivity contribution < 1.29 is 9.47 Å². The fourth-order valence-corrected chi connectivity index (χ4v) is 2.91. The van der Waals surface area contributed by atoms with Crippen LogP contribution >= 0.6 is 15.9 Å². The standard InChI is InChI=1S/C15H12BrN3O2/c16-8-5-9(17)14-10(6-8)18-15(19-14)13-7-20-11-3-1-2-4-12(11)21-13/h1-6,13H,7,17H2,(H,18,19). The molecular weight excluding hydrogens is 334 g/mol. The highest BCUT2D eigenvalue weighted by molar-refractivity contribution is 9.10. The summed E-state index contributed by atoms with van der Waals surface area (Å²) in [7, 11) is 0. The van der Waals surface area contributed by atoms with Crippen LogP contribution < -0.4 is 15.2 Å². The van der Waals surface area contributed by atoms with E-state index in [2.05, 4.69) is 25.9 Å². The maximum atomic E-state index is 5.99. The maximum absolute atomic E-state index is 5.99. The second-order valence-corrected chi connectivity index (χ2v) is 5.79. The van der Waals surface area contributed by atoms with Crippen molar-refractivity contribution in [1.82, 2.24) is 9.97 Å². The Balaban J connectivity index is 1.73. The number of halogens is 1. The number of nitrogens with one attached hydrogen (secondary N) is 1. The van der Waals surface area contributed by atoms with Gasteiger partial charge in [0.1, 0.15) is 12.1 Å². The lowest BCUT2D eigenvalue weighted by Crippen LogP contribution is -2.22. The quantitative estimate of drug-likeness (QED) is 0.662. The molecule has 0 aliphatic carbocycles. The molecule has 0 radical (unpaired) electrons. The third-order valence-electron chi connectivity index (χ3n) is 3.41. The number of nitrogens with two attached hydrogens (primary N) is 1. The van der Waals surface area contributed by atoms with Gasteiger partial charge in [-0.05, 0) is 24.3 Å². The van der Waals surface area contributed by atoms with Crippen LogP contribution in [0.15, 0.2) is 40.9 Å². The van der Waals surface area contributed by atoms with E-state index in [-0.39, 0.29) is 6.10 Å². The average Bonchev–Trinajstić information content (AvgIpc) is 2.91. The number of nitrogens with zero attached hydrogens (tertiary/aromatic N) is 1. The zero-order chi connectivity index (χ0) is 14.4. The summed E-state index contributed by atoms with van der Waals surface area (Å²) in [6, 6.07) is 11.4. The van der Waals surface area contributed by atoms with Gasteiger partial charge in [0.2, 0.25) is 0 Å². The first-order valence-corrected chi connectivity index (χ1v) is 7.33. The van der Waals surface area contributed by atoms with Gasteiger partial charge in [-0.2, -0.15) is 0 Å². The number of ether oxygens (including phenoxy) is 2. The molecule has 0 fully saturated rings. The molecule has 106 valence electrons. The smallest absolute Gasteiger partial charge is 0.190 e. The van der Waals surface area contributed by atoms with E-state index < -0.39 is 0 Å². The Morgan fingerprint density at radius 3 is 2.90 bits per heavy atom. The van der Waals surface area contributed by atoms with E-state index in [4.69, 9.17) is 15.2 Å². The van der Waals surface area contributed by atoms with Crippen LogP contribution in [0.3, 0.4) is 0 Å². The van der Waals surface area contributed by atoms with E-state index in [1.165, 1.54) is 0 Å². The number of hydrogen-bond donors (Lipinski definition) is 2. The molecule has 2 aromatic carbocycles. The second kappa shape index (κ2) is 4.66. The molecule has 1 aliphatic heterocycles. The van der Waals surface area contributed by atoms with Gasteiger partial charge < -0.3 is 20.2 Å². The largest absolute Gasteiger partial charge is 0.485 e. The van der Waals surface area contributed by atoms with E-state index >= 15 is 0 Å². The predicted molar refractivity (Wildman–Crippen MR) is 83.5 cm³/mol. The summed E-state index contributed by atoms with van der Waals surface area (Å²) >= 11 is 3.43. The molecule has 1 atom stereocenters. The van der Waals surface area contributed by atoms with Gasteiger partial charge in [0.15, 0.2) is 23.4 Å². The van der Waals surface area contributed by atoms with E-state index in [0.717, 1.165) is 27.0 Å². The third-order valence-corrected chi connectivity index (χ3v) is 3.87. The minimum atomic E-state index is -0.273. The Morgan fingerprint density at radius 1 is 1.24 bits per heavy atom. The fraction of sp³-hybridized carbons (Fsp3) is 0.133. The molecule has 5 nitrogen and oxygen atoms in total. The summed E-state index contributed by atoms with van der Waals surface area (Å²) < 4.78 is 12.6. The van der Waals surface area contributed by atoms with Crippen molar-refractivity contribution in [1.29, 1.82) is 0 Å². The molecule has 0 spiro atoms. The monoisotopic (exact) mass is 345 g/mol. The van der Waals surface area contributed by atoms with Crippen molar-refractivity contribution >= 4 is 32.7 Å². The number of rotatable bonds is 1. The van der Waals surface area contributed by atoms with Gasteiger partial charge in [-0.3, -0.25) is 0 Å². The Hall–Kier alpha value is -2.21. The first kappa shape index (κ1) is 12.5. The van der Waals surface area contributed by atoms with Gasteiger partial charge in [-0.1, -0.05) is 28.1 Å². The lowest BCUT2D eigenvalue weighted by Gasteiger charge is -2.24. The Kier molecular flexibility index (Phi) is 2.78. The van der Waals surface area contributed by atoms with Crippen molar-refractivity contribution in [3.63, 3.8) is 0 Å². The number of fused-ring (bicyclic) bond motifs is 2. The number of aromatic nitrogens is 2. The van der Waals surface area contributed by atoms with E-state index in [1.807, 2.05) is 36.4 Å². The minimum Gasteiger partial charge on any atom is -0.485 e. The molecule has 1 aliphatic rings. The number of H-pyrrole nitrogens is 1. The Bertz CT molecular complexity index is 831. The molecule has 4 rings (SSSR count). The van der Waals surface area contributed by atoms with Crippen LogP contribution in [0.4, 0.5) is 5.69 Å². The predicted octanol–water partition coefficient (Wildman–Crippen LogP) is 3.42. The highest BCUT2D eigenvalue weighted by Crippen LogP contribution is 2.36. The zero-order valence-corrected chi connectivity index (χ0v) is 12.6. The van der Waals surface area contributed by atoms with Crippen molar-refractivity contribution in [2.24, 2.45) is 0 Å². The lowest BCUT2D eigenvalue weighted by atomic mass is 10.2. The van der Waals surface area contributed by atoms with Crippen LogP contribution in [0.2, 0.25) is 0 Å². The molecule has 0 saturated carbocycles. The molecule has 3 N–H and O–H groups in total. The highest BCUT2D eigenvalue weighted by atomic mass is 79.9. The van der Waals surface area contributed by atoms with Crippen molar-refractivity contribution in [2.45, 2.75) is 6.10 Å². The molecule has 0 amide bonds. The number of benzene rings is 2. The first-order valence-electron chi connectivity index (χ1n) is 6.54. The third kappa shape index (κ3) is 2.12. The van der Waals surface area contributed by atoms with E-state index in [9.17, 15) is 0 Å². The second-order valence-electron chi connectivity index (χ2n) is 4.88. The van der Waals surface area contributed by atoms with E-state index in [1.54, 1.807) is 0 Å². The fourth-order valence-electron chi connectivity index (χ4n) is 2.43. The topological polar surface area (TPSA) is 73.2 Å². The van der Waals surface area contributed by atoms with Crippen molar-refractivity contribution in [2.75, 3.05) is 12.3 Å². The normalized spacial score (nSPS) is 17.1. The summed E-state index contributed by atoms with van der Waals surface area (Å²) in [4.78, 5) is 7.80. The average molecular weight is 346 g/mol. The number of hydrogen-bond acceptors (Lipinski definition) is 4. The van der Waals surface area contributed by atoms with Crippen LogP contribution in [0, 0.1) is 0 Å². The van der Waals surface area contributed by atoms with Gasteiger partial charge >= 0.3 is 0 Å². The van der Waals surface area contributed by atoms with Gasteiger partial charge in [0.25, 0.3) is 0 Å². The Labute approximate surface area is 129 Å². The van der Waals surface area contributed by atoms with Gasteiger partial charge in [0.05, 0.1) is 11.2 Å². The first-order chi connectivity index (χ1) is 10.2. The maximum Gasteiger partial charge on any atom is 0.190 e. The number of nitrogen functional groups attached to an aromatic ring is 1. The molecule has 3 aromatic rings. The van der Waals surface area contributed by atoms with E-state index in [0.29, 0.717) is 18.1 Å². The number of imidazole rings is 1. The van der Waals surface area contributed by atoms with Crippen LogP contribution in [-0.4, -0.2) is 16.6 Å². The van der Waals surface area contributed by atoms with Crippen LogP contribution in [0.25, 0.3) is 11.0 Å². The number of anilines is 1. The molecule has 0 bridgehead atoms. The number of para-hydroxylation sites is 2. The highest BCUT2D eigenvalue weighted by Gasteiger charge is 2.25. The molecule has 21 heavy (non-hydrogen) atoms. The molecule has 0 saturated heterocycles. The summed E-state index contributed by atoms with van der Waals surface area (Å²) in [5.41, 5.74) is 8.24. The number of aromatic amines is 1. The Morgan fingerprint density at radius 2 is 2.05 bits per heavy atom. The van der Waals surface area contributed by atoms with Crippen LogP contribution in [0.1, 0.15) is 11.9 Å². The summed E-state index contributed by atoms with van der Waals surface area (Å²) in [6.45, 7) is 0.415. The molecule has 2 heterocycles. The molecular formula is C15H12BrN3O2. The molecule has 1 aromatic heterocycles. The zero-order valence-electron chi connectivity index (χ0n) is 11.0. The van der Waals surface area contributed by atoms with Gasteiger partial charge in [-0.25, -0.2) is 4.98 Å². The minimum absolute atomic E-state index is 0.273. The lowest BCUT2D eigenvalue weighted by molar-refractivity contribution is 0.0859.